The number of phenols is 1. The summed E-state index contributed by atoms with van der Waals surface area (Å²) in [6, 6.07) is 9.94. The standard InChI is InChI=1S/C20H23N5O2/c1-12-7-16(8-13(2)23-12)27-20-6-5-18(24-25-20)17-4-3-14(9-19(17)26)15-10-21-22-11-15/h3-6,9-13,16,23,26H,7-8H2,1-2H3,(H,21,22). The molecule has 140 valence electrons. The van der Waals surface area contributed by atoms with Gasteiger partial charge in [-0.15, -0.1) is 10.2 Å². The average Bonchev–Trinajstić information content (AvgIpc) is 3.16. The molecule has 0 aliphatic carbocycles. The molecule has 3 N–H and O–H groups in total. The number of aromatic hydroxyl groups is 1. The smallest absolute Gasteiger partial charge is 0.233 e. The number of hydrogen-bond donors (Lipinski definition) is 3. The highest BCUT2D eigenvalue weighted by molar-refractivity contribution is 5.73. The SMILES string of the molecule is CC1CC(Oc2ccc(-c3ccc(-c4cn[nH]c4)cc3O)nn2)CC(C)N1. The zero-order valence-corrected chi connectivity index (χ0v) is 15.4. The van der Waals surface area contributed by atoms with Crippen molar-refractivity contribution in [2.45, 2.75) is 44.9 Å². The molecular weight excluding hydrogens is 342 g/mol. The van der Waals surface area contributed by atoms with Gasteiger partial charge in [0.05, 0.1) is 11.9 Å². The van der Waals surface area contributed by atoms with Gasteiger partial charge in [-0.1, -0.05) is 6.07 Å². The van der Waals surface area contributed by atoms with Crippen LogP contribution in [0, 0.1) is 0 Å². The summed E-state index contributed by atoms with van der Waals surface area (Å²) in [7, 11) is 0. The van der Waals surface area contributed by atoms with Crippen LogP contribution in [0.4, 0.5) is 0 Å². The second kappa shape index (κ2) is 7.36. The van der Waals surface area contributed by atoms with Gasteiger partial charge in [0.1, 0.15) is 11.9 Å². The van der Waals surface area contributed by atoms with Gasteiger partial charge < -0.3 is 15.2 Å². The Morgan fingerprint density at radius 3 is 2.48 bits per heavy atom. The average molecular weight is 365 g/mol. The molecule has 0 bridgehead atoms. The number of rotatable bonds is 4. The zero-order chi connectivity index (χ0) is 18.8. The third kappa shape index (κ3) is 3.93. The number of piperidine rings is 1. The van der Waals surface area contributed by atoms with Crippen molar-refractivity contribution in [2.24, 2.45) is 0 Å². The third-order valence-corrected chi connectivity index (χ3v) is 4.83. The number of phenolic OH excluding ortho intramolecular Hbond substituents is 1. The molecule has 3 heterocycles. The molecule has 1 aliphatic rings. The second-order valence-corrected chi connectivity index (χ2v) is 7.16. The summed E-state index contributed by atoms with van der Waals surface area (Å²) < 4.78 is 6.00. The van der Waals surface area contributed by atoms with Crippen molar-refractivity contribution in [3.05, 3.63) is 42.7 Å². The number of hydrogen-bond acceptors (Lipinski definition) is 6. The van der Waals surface area contributed by atoms with Crippen LogP contribution in [0.5, 0.6) is 11.6 Å². The molecule has 1 aliphatic heterocycles. The van der Waals surface area contributed by atoms with Gasteiger partial charge in [0.2, 0.25) is 5.88 Å². The molecule has 2 atom stereocenters. The molecule has 3 aromatic rings. The minimum atomic E-state index is 0.138. The van der Waals surface area contributed by atoms with Crippen LogP contribution in [0.15, 0.2) is 42.7 Å². The third-order valence-electron chi connectivity index (χ3n) is 4.83. The quantitative estimate of drug-likeness (QED) is 0.657. The van der Waals surface area contributed by atoms with Crippen LogP contribution in [0.25, 0.3) is 22.4 Å². The molecule has 2 aromatic heterocycles. The lowest BCUT2D eigenvalue weighted by atomic mass is 9.98. The van der Waals surface area contributed by atoms with E-state index in [1.54, 1.807) is 18.5 Å². The van der Waals surface area contributed by atoms with Crippen molar-refractivity contribution in [1.29, 1.82) is 0 Å². The van der Waals surface area contributed by atoms with Gasteiger partial charge in [-0.3, -0.25) is 5.10 Å². The lowest BCUT2D eigenvalue weighted by Crippen LogP contribution is -2.46. The van der Waals surface area contributed by atoms with Gasteiger partial charge in [0.25, 0.3) is 0 Å². The summed E-state index contributed by atoms with van der Waals surface area (Å²) in [4.78, 5) is 0. The molecule has 0 spiro atoms. The molecule has 1 fully saturated rings. The molecule has 0 radical (unpaired) electrons. The molecule has 1 saturated heterocycles. The van der Waals surface area contributed by atoms with E-state index >= 15 is 0 Å². The molecule has 0 amide bonds. The molecule has 1 aromatic carbocycles. The van der Waals surface area contributed by atoms with Crippen LogP contribution in [-0.4, -0.2) is 43.7 Å². The van der Waals surface area contributed by atoms with E-state index in [1.807, 2.05) is 24.3 Å². The number of H-pyrrole nitrogens is 1. The number of aromatic nitrogens is 4. The first kappa shape index (κ1) is 17.5. The van der Waals surface area contributed by atoms with Crippen molar-refractivity contribution in [1.82, 2.24) is 25.7 Å². The maximum atomic E-state index is 10.4. The molecule has 7 heteroatoms. The van der Waals surface area contributed by atoms with Crippen molar-refractivity contribution in [3.8, 4) is 34.0 Å². The predicted molar refractivity (Wildman–Crippen MR) is 102 cm³/mol. The molecular formula is C20H23N5O2. The van der Waals surface area contributed by atoms with Crippen molar-refractivity contribution >= 4 is 0 Å². The fourth-order valence-corrected chi connectivity index (χ4v) is 3.64. The highest BCUT2D eigenvalue weighted by atomic mass is 16.5. The van der Waals surface area contributed by atoms with Crippen LogP contribution in [-0.2, 0) is 0 Å². The summed E-state index contributed by atoms with van der Waals surface area (Å²) in [6.45, 7) is 4.33. The second-order valence-electron chi connectivity index (χ2n) is 7.16. The number of ether oxygens (including phenoxy) is 1. The first-order valence-electron chi connectivity index (χ1n) is 9.17. The van der Waals surface area contributed by atoms with Crippen molar-refractivity contribution in [2.75, 3.05) is 0 Å². The van der Waals surface area contributed by atoms with Crippen LogP contribution in [0.3, 0.4) is 0 Å². The van der Waals surface area contributed by atoms with Gasteiger partial charge in [0, 0.05) is 35.5 Å². The molecule has 2 unspecified atom stereocenters. The molecule has 0 saturated carbocycles. The highest BCUT2D eigenvalue weighted by Crippen LogP contribution is 2.32. The Hall–Kier alpha value is -2.93. The van der Waals surface area contributed by atoms with Gasteiger partial charge in [-0.05, 0) is 50.5 Å². The normalized spacial score (nSPS) is 22.5. The van der Waals surface area contributed by atoms with Crippen LogP contribution >= 0.6 is 0 Å². The number of nitrogens with one attached hydrogen (secondary N) is 2. The van der Waals surface area contributed by atoms with Crippen LogP contribution < -0.4 is 10.1 Å². The van der Waals surface area contributed by atoms with E-state index in [-0.39, 0.29) is 11.9 Å². The van der Waals surface area contributed by atoms with E-state index in [9.17, 15) is 5.11 Å². The first-order chi connectivity index (χ1) is 13.1. The minimum absolute atomic E-state index is 0.138. The Morgan fingerprint density at radius 2 is 1.85 bits per heavy atom. The maximum Gasteiger partial charge on any atom is 0.233 e. The fourth-order valence-electron chi connectivity index (χ4n) is 3.64. The maximum absolute atomic E-state index is 10.4. The van der Waals surface area contributed by atoms with Gasteiger partial charge in [-0.25, -0.2) is 0 Å². The fraction of sp³-hybridized carbons (Fsp3) is 0.350. The summed E-state index contributed by atoms with van der Waals surface area (Å²) in [6.07, 6.45) is 5.53. The summed E-state index contributed by atoms with van der Waals surface area (Å²) in [5.74, 6) is 0.664. The monoisotopic (exact) mass is 365 g/mol. The summed E-state index contributed by atoms with van der Waals surface area (Å²) in [5.41, 5.74) is 3.03. The Bertz CT molecular complexity index is 885. The highest BCUT2D eigenvalue weighted by Gasteiger charge is 2.25. The largest absolute Gasteiger partial charge is 0.507 e. The Kier molecular flexibility index (Phi) is 4.77. The zero-order valence-electron chi connectivity index (χ0n) is 15.4. The van der Waals surface area contributed by atoms with Crippen molar-refractivity contribution in [3.63, 3.8) is 0 Å². The lowest BCUT2D eigenvalue weighted by molar-refractivity contribution is 0.117. The van der Waals surface area contributed by atoms with E-state index in [0.717, 1.165) is 24.0 Å². The summed E-state index contributed by atoms with van der Waals surface area (Å²) in [5, 5.41) is 29.0. The first-order valence-corrected chi connectivity index (χ1v) is 9.17. The Balaban J connectivity index is 1.49. The van der Waals surface area contributed by atoms with Gasteiger partial charge >= 0.3 is 0 Å². The molecule has 4 rings (SSSR count). The van der Waals surface area contributed by atoms with Gasteiger partial charge in [0.15, 0.2) is 0 Å². The predicted octanol–water partition coefficient (Wildman–Crippen LogP) is 3.15. The van der Waals surface area contributed by atoms with E-state index in [0.29, 0.717) is 29.2 Å². The van der Waals surface area contributed by atoms with Crippen LogP contribution in [0.1, 0.15) is 26.7 Å². The Morgan fingerprint density at radius 1 is 1.04 bits per heavy atom. The number of nitrogens with zero attached hydrogens (tertiary/aromatic N) is 3. The Labute approximate surface area is 157 Å². The van der Waals surface area contributed by atoms with E-state index < -0.39 is 0 Å². The van der Waals surface area contributed by atoms with Crippen molar-refractivity contribution < 1.29 is 9.84 Å². The number of benzene rings is 1. The number of aromatic amines is 1. The lowest BCUT2D eigenvalue weighted by Gasteiger charge is -2.32. The minimum Gasteiger partial charge on any atom is -0.507 e. The summed E-state index contributed by atoms with van der Waals surface area (Å²) >= 11 is 0. The topological polar surface area (TPSA) is 96.0 Å². The van der Waals surface area contributed by atoms with E-state index in [1.165, 1.54) is 0 Å². The van der Waals surface area contributed by atoms with E-state index in [2.05, 4.69) is 39.6 Å². The molecule has 7 nitrogen and oxygen atoms in total. The van der Waals surface area contributed by atoms with Gasteiger partial charge in [-0.2, -0.15) is 5.10 Å². The van der Waals surface area contributed by atoms with Crippen LogP contribution in [0.2, 0.25) is 0 Å². The molecule has 27 heavy (non-hydrogen) atoms. The van der Waals surface area contributed by atoms with E-state index in [4.69, 9.17) is 4.74 Å².